The molecule has 0 aromatic carbocycles. The molecule has 0 radical (unpaired) electrons. The zero-order valence-corrected chi connectivity index (χ0v) is 13.5. The van der Waals surface area contributed by atoms with Crippen molar-refractivity contribution in [3.8, 4) is 5.88 Å². The van der Waals surface area contributed by atoms with Gasteiger partial charge in [0.2, 0.25) is 5.88 Å². The van der Waals surface area contributed by atoms with Crippen molar-refractivity contribution in [1.29, 1.82) is 0 Å². The van der Waals surface area contributed by atoms with Crippen LogP contribution in [0.2, 0.25) is 0 Å². The van der Waals surface area contributed by atoms with Gasteiger partial charge in [-0.3, -0.25) is 4.99 Å². The second kappa shape index (κ2) is 9.25. The second-order valence-electron chi connectivity index (χ2n) is 5.36. The van der Waals surface area contributed by atoms with Crippen molar-refractivity contribution in [2.45, 2.75) is 38.3 Å². The zero-order valence-electron chi connectivity index (χ0n) is 13.5. The Hall–Kier alpha value is -1.82. The van der Waals surface area contributed by atoms with Crippen molar-refractivity contribution in [2.75, 3.05) is 27.4 Å². The predicted molar refractivity (Wildman–Crippen MR) is 87.2 cm³/mol. The summed E-state index contributed by atoms with van der Waals surface area (Å²) in [5, 5.41) is 6.80. The van der Waals surface area contributed by atoms with E-state index in [9.17, 15) is 0 Å². The fourth-order valence-electron chi connectivity index (χ4n) is 2.55. The van der Waals surface area contributed by atoms with Gasteiger partial charge in [0.15, 0.2) is 5.96 Å². The van der Waals surface area contributed by atoms with Crippen LogP contribution in [0.4, 0.5) is 0 Å². The van der Waals surface area contributed by atoms with Crippen molar-refractivity contribution in [1.82, 2.24) is 15.6 Å². The van der Waals surface area contributed by atoms with Crippen molar-refractivity contribution in [3.05, 3.63) is 23.9 Å². The number of ether oxygens (including phenoxy) is 2. The van der Waals surface area contributed by atoms with Crippen LogP contribution in [0.5, 0.6) is 5.88 Å². The third kappa shape index (κ3) is 5.18. The lowest BCUT2D eigenvalue weighted by Gasteiger charge is -2.17. The van der Waals surface area contributed by atoms with Crippen molar-refractivity contribution < 1.29 is 9.47 Å². The average Bonchev–Trinajstić information content (AvgIpc) is 3.06. The van der Waals surface area contributed by atoms with Gasteiger partial charge in [0.25, 0.3) is 0 Å². The highest BCUT2D eigenvalue weighted by Crippen LogP contribution is 2.17. The van der Waals surface area contributed by atoms with Gasteiger partial charge in [0.1, 0.15) is 6.61 Å². The van der Waals surface area contributed by atoms with E-state index in [-0.39, 0.29) is 0 Å². The molecular formula is C16H26N4O2. The number of rotatable bonds is 7. The molecule has 22 heavy (non-hydrogen) atoms. The summed E-state index contributed by atoms with van der Waals surface area (Å²) in [5.41, 5.74) is 1.01. The Balaban J connectivity index is 1.86. The van der Waals surface area contributed by atoms with E-state index in [1.54, 1.807) is 20.4 Å². The van der Waals surface area contributed by atoms with Gasteiger partial charge in [-0.05, 0) is 18.9 Å². The standard InChI is InChI=1S/C16H26N4O2/c1-17-16(20-14-7-3-4-8-14)19-12-13-6-5-9-18-15(13)22-11-10-21-2/h5-6,9,14H,3-4,7-8,10-12H2,1-2H3,(H2,17,19,20). The van der Waals surface area contributed by atoms with Crippen LogP contribution in [0.1, 0.15) is 31.2 Å². The molecule has 1 aromatic heterocycles. The first-order chi connectivity index (χ1) is 10.8. The molecule has 0 aliphatic heterocycles. The van der Waals surface area contributed by atoms with E-state index in [0.29, 0.717) is 31.7 Å². The monoisotopic (exact) mass is 306 g/mol. The Labute approximate surface area is 132 Å². The van der Waals surface area contributed by atoms with Gasteiger partial charge < -0.3 is 20.1 Å². The lowest BCUT2D eigenvalue weighted by molar-refractivity contribution is 0.143. The zero-order chi connectivity index (χ0) is 15.6. The molecule has 0 saturated heterocycles. The minimum atomic E-state index is 0.496. The van der Waals surface area contributed by atoms with Gasteiger partial charge in [-0.1, -0.05) is 18.9 Å². The Bertz CT molecular complexity index is 473. The summed E-state index contributed by atoms with van der Waals surface area (Å²) in [7, 11) is 3.45. The fourth-order valence-corrected chi connectivity index (χ4v) is 2.55. The van der Waals surface area contributed by atoms with Gasteiger partial charge in [0, 0.05) is 38.5 Å². The van der Waals surface area contributed by atoms with Crippen LogP contribution in [0.15, 0.2) is 23.3 Å². The molecule has 0 atom stereocenters. The van der Waals surface area contributed by atoms with E-state index in [2.05, 4.69) is 20.6 Å². The van der Waals surface area contributed by atoms with Gasteiger partial charge in [-0.2, -0.15) is 0 Å². The van der Waals surface area contributed by atoms with E-state index in [0.717, 1.165) is 11.5 Å². The quantitative estimate of drug-likeness (QED) is 0.456. The lowest BCUT2D eigenvalue weighted by Crippen LogP contribution is -2.42. The highest BCUT2D eigenvalue weighted by Gasteiger charge is 2.16. The number of hydrogen-bond donors (Lipinski definition) is 2. The van der Waals surface area contributed by atoms with Crippen LogP contribution in [0.25, 0.3) is 0 Å². The summed E-state index contributed by atoms with van der Waals surface area (Å²) in [6, 6.07) is 4.45. The van der Waals surface area contributed by atoms with Gasteiger partial charge in [0.05, 0.1) is 6.61 Å². The minimum absolute atomic E-state index is 0.496. The molecule has 1 aliphatic carbocycles. The molecule has 2 N–H and O–H groups in total. The third-order valence-corrected chi connectivity index (χ3v) is 3.74. The van der Waals surface area contributed by atoms with Crippen molar-refractivity contribution in [2.24, 2.45) is 4.99 Å². The van der Waals surface area contributed by atoms with E-state index in [1.165, 1.54) is 25.7 Å². The first-order valence-corrected chi connectivity index (χ1v) is 7.86. The topological polar surface area (TPSA) is 67.8 Å². The summed E-state index contributed by atoms with van der Waals surface area (Å²) < 4.78 is 10.6. The molecule has 6 heteroatoms. The Morgan fingerprint density at radius 3 is 2.91 bits per heavy atom. The number of nitrogens with one attached hydrogen (secondary N) is 2. The maximum Gasteiger partial charge on any atom is 0.218 e. The summed E-state index contributed by atoms with van der Waals surface area (Å²) in [4.78, 5) is 8.56. The maximum absolute atomic E-state index is 5.64. The largest absolute Gasteiger partial charge is 0.475 e. The lowest BCUT2D eigenvalue weighted by atomic mass is 10.2. The van der Waals surface area contributed by atoms with E-state index >= 15 is 0 Å². The normalized spacial score (nSPS) is 15.8. The number of guanidine groups is 1. The number of aromatic nitrogens is 1. The van der Waals surface area contributed by atoms with Crippen LogP contribution >= 0.6 is 0 Å². The molecule has 1 aliphatic rings. The van der Waals surface area contributed by atoms with Crippen molar-refractivity contribution in [3.63, 3.8) is 0 Å². The number of nitrogens with zero attached hydrogens (tertiary/aromatic N) is 2. The summed E-state index contributed by atoms with van der Waals surface area (Å²) in [5.74, 6) is 1.47. The molecule has 1 heterocycles. The number of methoxy groups -OCH3 is 1. The molecule has 1 fully saturated rings. The molecule has 0 amide bonds. The van der Waals surface area contributed by atoms with E-state index < -0.39 is 0 Å². The molecule has 0 unspecified atom stereocenters. The van der Waals surface area contributed by atoms with Gasteiger partial charge >= 0.3 is 0 Å². The minimum Gasteiger partial charge on any atom is -0.475 e. The SMILES string of the molecule is CN=C(NCc1cccnc1OCCOC)NC1CCCC1. The highest BCUT2D eigenvalue weighted by molar-refractivity contribution is 5.80. The van der Waals surface area contributed by atoms with Gasteiger partial charge in [-0.25, -0.2) is 4.98 Å². The molecule has 6 nitrogen and oxygen atoms in total. The summed E-state index contributed by atoms with van der Waals surface area (Å²) in [6.07, 6.45) is 6.78. The van der Waals surface area contributed by atoms with Crippen LogP contribution < -0.4 is 15.4 Å². The van der Waals surface area contributed by atoms with Gasteiger partial charge in [-0.15, -0.1) is 0 Å². The predicted octanol–water partition coefficient (Wildman–Crippen LogP) is 1.71. The fraction of sp³-hybridized carbons (Fsp3) is 0.625. The second-order valence-corrected chi connectivity index (χ2v) is 5.36. The number of aliphatic imine (C=N–C) groups is 1. The van der Waals surface area contributed by atoms with Crippen LogP contribution in [0.3, 0.4) is 0 Å². The molecule has 1 saturated carbocycles. The van der Waals surface area contributed by atoms with E-state index in [1.807, 2.05) is 12.1 Å². The molecule has 1 aromatic rings. The highest BCUT2D eigenvalue weighted by atomic mass is 16.5. The van der Waals surface area contributed by atoms with Crippen LogP contribution in [-0.2, 0) is 11.3 Å². The number of hydrogen-bond acceptors (Lipinski definition) is 4. The average molecular weight is 306 g/mol. The first-order valence-electron chi connectivity index (χ1n) is 7.86. The first kappa shape index (κ1) is 16.5. The molecule has 122 valence electrons. The molecule has 2 rings (SSSR count). The molecular weight excluding hydrogens is 280 g/mol. The number of pyridine rings is 1. The Kier molecular flexibility index (Phi) is 6.96. The summed E-state index contributed by atoms with van der Waals surface area (Å²) >= 11 is 0. The molecule has 0 spiro atoms. The summed E-state index contributed by atoms with van der Waals surface area (Å²) in [6.45, 7) is 1.67. The Morgan fingerprint density at radius 2 is 2.18 bits per heavy atom. The smallest absolute Gasteiger partial charge is 0.218 e. The molecule has 0 bridgehead atoms. The van der Waals surface area contributed by atoms with E-state index in [4.69, 9.17) is 9.47 Å². The maximum atomic E-state index is 5.64. The third-order valence-electron chi connectivity index (χ3n) is 3.74. The van der Waals surface area contributed by atoms with Crippen molar-refractivity contribution >= 4 is 5.96 Å². The van der Waals surface area contributed by atoms with Crippen LogP contribution in [0, 0.1) is 0 Å². The Morgan fingerprint density at radius 1 is 1.36 bits per heavy atom. The van der Waals surface area contributed by atoms with Crippen LogP contribution in [-0.4, -0.2) is 44.4 Å².